The average molecular weight is 946 g/mol. The van der Waals surface area contributed by atoms with E-state index in [1.54, 1.807) is 48.8 Å². The molecule has 4 heterocycles. The minimum atomic E-state index is -0.734. The number of fused-ring (bicyclic) bond motifs is 4. The van der Waals surface area contributed by atoms with Gasteiger partial charge in [-0.25, -0.2) is 18.7 Å². The molecule has 1 fully saturated rings. The Labute approximate surface area is 394 Å². The van der Waals surface area contributed by atoms with Gasteiger partial charge in [0.05, 0.1) is 62.9 Å². The van der Waals surface area contributed by atoms with Crippen LogP contribution in [0.3, 0.4) is 0 Å². The Bertz CT molecular complexity index is 2810. The number of carbonyl (C=O) groups is 4. The van der Waals surface area contributed by atoms with Gasteiger partial charge in [0.25, 0.3) is 5.91 Å². The maximum Gasteiger partial charge on any atom is 0.255 e. The number of nitrogens with zero attached hydrogens (tertiary/aromatic N) is 6. The first kappa shape index (κ1) is 47.2. The minimum Gasteiger partial charge on any atom is -0.380 e. The number of nitrogens with two attached hydrogens (primary N) is 1. The van der Waals surface area contributed by atoms with Gasteiger partial charge in [-0.15, -0.1) is 0 Å². The molecule has 1 saturated heterocycles. The Hall–Kier alpha value is -7.32. The Balaban J connectivity index is 0.708. The topological polar surface area (TPSA) is 227 Å². The van der Waals surface area contributed by atoms with Crippen LogP contribution in [0.1, 0.15) is 57.4 Å². The molecule has 0 spiro atoms. The van der Waals surface area contributed by atoms with E-state index >= 15 is 0 Å². The summed E-state index contributed by atoms with van der Waals surface area (Å²) < 4.78 is 41.1. The Morgan fingerprint density at radius 3 is 2.43 bits per heavy atom. The molecule has 1 atom stereocenters. The maximum atomic E-state index is 14.9. The largest absolute Gasteiger partial charge is 0.380 e. The highest BCUT2D eigenvalue weighted by Gasteiger charge is 2.39. The van der Waals surface area contributed by atoms with E-state index in [9.17, 15) is 28.0 Å². The van der Waals surface area contributed by atoms with Crippen molar-refractivity contribution in [2.24, 2.45) is 20.9 Å². The van der Waals surface area contributed by atoms with Crippen molar-refractivity contribution in [1.82, 2.24) is 25.5 Å². The van der Waals surface area contributed by atoms with Crippen molar-refractivity contribution in [2.75, 3.05) is 56.7 Å². The molecule has 6 N–H and O–H groups in total. The predicted octanol–water partition coefficient (Wildman–Crippen LogP) is 5.32. The monoisotopic (exact) mass is 945 g/mol. The van der Waals surface area contributed by atoms with Crippen LogP contribution in [-0.4, -0.2) is 108 Å². The van der Waals surface area contributed by atoms with Crippen LogP contribution in [0.2, 0.25) is 5.02 Å². The van der Waals surface area contributed by atoms with Crippen LogP contribution in [0, 0.1) is 11.6 Å². The summed E-state index contributed by atoms with van der Waals surface area (Å²) in [6.07, 6.45) is 3.82. The van der Waals surface area contributed by atoms with E-state index in [1.807, 2.05) is 24.3 Å². The van der Waals surface area contributed by atoms with Crippen molar-refractivity contribution in [2.45, 2.75) is 38.4 Å². The smallest absolute Gasteiger partial charge is 0.255 e. The molecule has 1 aromatic heterocycles. The van der Waals surface area contributed by atoms with E-state index in [-0.39, 0.29) is 68.0 Å². The highest BCUT2D eigenvalue weighted by Crippen LogP contribution is 2.35. The third-order valence-corrected chi connectivity index (χ3v) is 11.5. The molecule has 20 heteroatoms. The summed E-state index contributed by atoms with van der Waals surface area (Å²) in [4.78, 5) is 69.0. The van der Waals surface area contributed by atoms with Crippen molar-refractivity contribution < 1.29 is 37.4 Å². The number of hydrogen-bond acceptors (Lipinski definition) is 14. The molecule has 68 heavy (non-hydrogen) atoms. The van der Waals surface area contributed by atoms with Gasteiger partial charge in [0.1, 0.15) is 23.4 Å². The Kier molecular flexibility index (Phi) is 15.3. The number of rotatable bonds is 19. The van der Waals surface area contributed by atoms with Crippen LogP contribution in [-0.2, 0) is 36.9 Å². The quantitative estimate of drug-likeness (QED) is 0.0234. The fourth-order valence-electron chi connectivity index (χ4n) is 7.88. The van der Waals surface area contributed by atoms with Gasteiger partial charge in [0.2, 0.25) is 23.7 Å². The van der Waals surface area contributed by atoms with Gasteiger partial charge < -0.3 is 36.2 Å². The summed E-state index contributed by atoms with van der Waals surface area (Å²) in [6, 6.07) is 20.4. The first-order valence-electron chi connectivity index (χ1n) is 21.8. The first-order chi connectivity index (χ1) is 33.1. The molecule has 0 saturated carbocycles. The van der Waals surface area contributed by atoms with Gasteiger partial charge in [-0.2, -0.15) is 5.10 Å². The molecule has 17 nitrogen and oxygen atoms in total. The molecule has 8 rings (SSSR count). The molecule has 350 valence electrons. The lowest BCUT2D eigenvalue weighted by Crippen LogP contribution is -2.52. The van der Waals surface area contributed by atoms with Gasteiger partial charge in [-0.05, 0) is 66.6 Å². The summed E-state index contributed by atoms with van der Waals surface area (Å²) in [5.41, 5.74) is 5.79. The van der Waals surface area contributed by atoms with Crippen molar-refractivity contribution >= 4 is 70.2 Å². The van der Waals surface area contributed by atoms with Gasteiger partial charge in [0, 0.05) is 82.7 Å². The van der Waals surface area contributed by atoms with E-state index in [4.69, 9.17) is 31.9 Å². The van der Waals surface area contributed by atoms with E-state index in [2.05, 4.69) is 41.3 Å². The van der Waals surface area contributed by atoms with Crippen molar-refractivity contribution in [3.05, 3.63) is 135 Å². The predicted molar refractivity (Wildman–Crippen MR) is 252 cm³/mol. The number of aromatic nitrogens is 2. The number of carbonyl (C=O) groups excluding carboxylic acids is 4. The Morgan fingerprint density at radius 1 is 0.912 bits per heavy atom. The summed E-state index contributed by atoms with van der Waals surface area (Å²) in [5, 5.41) is 15.8. The Morgan fingerprint density at radius 2 is 1.66 bits per heavy atom. The minimum absolute atomic E-state index is 0.0982. The van der Waals surface area contributed by atoms with Crippen LogP contribution in [0.4, 0.5) is 26.1 Å². The second kappa shape index (κ2) is 22.0. The maximum absolute atomic E-state index is 14.9. The zero-order valence-electron chi connectivity index (χ0n) is 36.6. The lowest BCUT2D eigenvalue weighted by molar-refractivity contribution is -0.137. The molecule has 3 aliphatic rings. The number of imide groups is 1. The number of hydrogen-bond donors (Lipinski definition) is 5. The molecular weight excluding hydrogens is 900 g/mol. The summed E-state index contributed by atoms with van der Waals surface area (Å²) in [5.74, 6) is 3.20. The van der Waals surface area contributed by atoms with Crippen molar-refractivity contribution in [3.8, 4) is 11.3 Å². The third-order valence-electron chi connectivity index (χ3n) is 11.2. The molecule has 3 aliphatic heterocycles. The number of anilines is 3. The van der Waals surface area contributed by atoms with Crippen LogP contribution in [0.5, 0.6) is 0 Å². The van der Waals surface area contributed by atoms with Crippen LogP contribution in [0.15, 0.2) is 100 Å². The van der Waals surface area contributed by atoms with Gasteiger partial charge in [-0.1, -0.05) is 35.9 Å². The number of ether oxygens (including phenoxy) is 2. The average Bonchev–Trinajstić information content (AvgIpc) is 3.56. The van der Waals surface area contributed by atoms with Crippen molar-refractivity contribution in [3.63, 3.8) is 0 Å². The highest BCUT2D eigenvalue weighted by molar-refractivity contribution is 6.38. The van der Waals surface area contributed by atoms with Gasteiger partial charge in [0.15, 0.2) is 0 Å². The zero-order chi connectivity index (χ0) is 47.6. The van der Waals surface area contributed by atoms with E-state index in [0.717, 1.165) is 5.56 Å². The second-order valence-electron chi connectivity index (χ2n) is 15.8. The summed E-state index contributed by atoms with van der Waals surface area (Å²) >= 11 is 6.35. The molecule has 1 unspecified atom stereocenters. The standard InChI is InChI=1S/C48H46ClF2N11O6/c49-31-6-10-35-36(23-31)45(43-37(50)2-1-3-38(43)51)55-24-30-25-56-48(60-44(30)35)58-32-7-4-28(5-8-32)39(61-52)26-54-17-21-68-20-16-53-15-19-67-18-14-42(64)57-33-9-11-34-29(22-33)27-62(47(34)66)40-12-13-41(63)59-46(40)65/h1-11,22-23,25-26,40,53H,12-21,24,27,52H2,(H,57,64)(H,56,58,60)(H,59,63,65). The SMILES string of the molecule is NN=C(C=NCCOCCNCCOCCC(=O)Nc1ccc2c(c1)CN(C1CCC(=O)NC1=O)C2=O)c1ccc(Nc2ncc3c(n2)-c2ccc(Cl)cc2C(c2c(F)cccc2F)=NC3)cc1. The first-order valence-corrected chi connectivity index (χ1v) is 22.2. The van der Waals surface area contributed by atoms with E-state index in [0.29, 0.717) is 101 Å². The van der Waals surface area contributed by atoms with Gasteiger partial charge in [-0.3, -0.25) is 34.5 Å². The number of aliphatic imine (C=N–C) groups is 2. The lowest BCUT2D eigenvalue weighted by Gasteiger charge is -2.29. The van der Waals surface area contributed by atoms with E-state index < -0.39 is 23.6 Å². The van der Waals surface area contributed by atoms with Crippen molar-refractivity contribution in [1.29, 1.82) is 0 Å². The van der Waals surface area contributed by atoms with Crippen LogP contribution in [0.25, 0.3) is 11.3 Å². The molecular formula is C48H46ClF2N11O6. The number of benzene rings is 4. The van der Waals surface area contributed by atoms with E-state index in [1.165, 1.54) is 23.1 Å². The highest BCUT2D eigenvalue weighted by atomic mass is 35.5. The molecule has 0 aliphatic carbocycles. The zero-order valence-corrected chi connectivity index (χ0v) is 37.3. The molecule has 4 amide bonds. The second-order valence-corrected chi connectivity index (χ2v) is 16.3. The van der Waals surface area contributed by atoms with Crippen LogP contribution < -0.4 is 27.1 Å². The number of halogens is 3. The molecule has 4 aromatic carbocycles. The third kappa shape index (κ3) is 11.3. The summed E-state index contributed by atoms with van der Waals surface area (Å²) in [6.45, 7) is 3.34. The molecule has 0 bridgehead atoms. The molecule has 5 aromatic rings. The van der Waals surface area contributed by atoms with Crippen LogP contribution >= 0.6 is 11.6 Å². The normalized spacial score (nSPS) is 15.7. The fourth-order valence-corrected chi connectivity index (χ4v) is 8.06. The number of nitrogens with one attached hydrogen (secondary N) is 4. The number of piperidine rings is 1. The number of hydrazone groups is 1. The lowest BCUT2D eigenvalue weighted by atomic mass is 9.95. The number of amides is 4. The fraction of sp³-hybridized carbons (Fsp3) is 0.271. The molecule has 0 radical (unpaired) electrons. The van der Waals surface area contributed by atoms with Gasteiger partial charge >= 0.3 is 0 Å². The summed E-state index contributed by atoms with van der Waals surface area (Å²) in [7, 11) is 0.